The van der Waals surface area contributed by atoms with Crippen molar-refractivity contribution < 1.29 is 5.11 Å². The third-order valence-corrected chi connectivity index (χ3v) is 5.05. The summed E-state index contributed by atoms with van der Waals surface area (Å²) in [6.07, 6.45) is 9.65. The van der Waals surface area contributed by atoms with Gasteiger partial charge in [0.25, 0.3) is 0 Å². The molecule has 1 saturated heterocycles. The van der Waals surface area contributed by atoms with Crippen LogP contribution in [-0.4, -0.2) is 47.3 Å². The first-order valence-corrected chi connectivity index (χ1v) is 8.34. The fraction of sp³-hybridized carbons (Fsp3) is 1.00. The SMILES string of the molecule is CCNC(C)C1CCCCN1CC1(O)CCCCC1. The molecular weight excluding hydrogens is 236 g/mol. The van der Waals surface area contributed by atoms with Crippen molar-refractivity contribution in [2.24, 2.45) is 0 Å². The van der Waals surface area contributed by atoms with E-state index < -0.39 is 5.60 Å². The first-order chi connectivity index (χ1) is 9.14. The lowest BCUT2D eigenvalue weighted by Gasteiger charge is -2.44. The van der Waals surface area contributed by atoms with E-state index >= 15 is 0 Å². The highest BCUT2D eigenvalue weighted by molar-refractivity contribution is 4.92. The Hall–Kier alpha value is -0.120. The van der Waals surface area contributed by atoms with Crippen LogP contribution in [0.5, 0.6) is 0 Å². The highest BCUT2D eigenvalue weighted by atomic mass is 16.3. The zero-order chi connectivity index (χ0) is 13.7. The average Bonchev–Trinajstić information content (AvgIpc) is 2.40. The van der Waals surface area contributed by atoms with Crippen molar-refractivity contribution in [3.05, 3.63) is 0 Å². The summed E-state index contributed by atoms with van der Waals surface area (Å²) in [6.45, 7) is 7.58. The van der Waals surface area contributed by atoms with Gasteiger partial charge in [-0.3, -0.25) is 4.90 Å². The minimum atomic E-state index is -0.403. The average molecular weight is 268 g/mol. The van der Waals surface area contributed by atoms with Crippen molar-refractivity contribution in [3.63, 3.8) is 0 Å². The molecule has 0 amide bonds. The molecule has 0 bridgehead atoms. The van der Waals surface area contributed by atoms with Gasteiger partial charge in [0.1, 0.15) is 0 Å². The van der Waals surface area contributed by atoms with Crippen molar-refractivity contribution in [2.75, 3.05) is 19.6 Å². The molecule has 0 aromatic carbocycles. The Morgan fingerprint density at radius 2 is 1.95 bits per heavy atom. The van der Waals surface area contributed by atoms with Crippen LogP contribution >= 0.6 is 0 Å². The Labute approximate surface area is 118 Å². The molecule has 2 N–H and O–H groups in total. The van der Waals surface area contributed by atoms with E-state index in [0.29, 0.717) is 12.1 Å². The summed E-state index contributed by atoms with van der Waals surface area (Å²) in [5.74, 6) is 0. The predicted octanol–water partition coefficient (Wildman–Crippen LogP) is 2.53. The minimum absolute atomic E-state index is 0.403. The molecule has 1 saturated carbocycles. The van der Waals surface area contributed by atoms with E-state index in [1.54, 1.807) is 0 Å². The van der Waals surface area contributed by atoms with Gasteiger partial charge in [-0.1, -0.05) is 32.6 Å². The largest absolute Gasteiger partial charge is 0.389 e. The van der Waals surface area contributed by atoms with Gasteiger partial charge < -0.3 is 10.4 Å². The van der Waals surface area contributed by atoms with Crippen LogP contribution in [-0.2, 0) is 0 Å². The molecule has 3 nitrogen and oxygen atoms in total. The lowest BCUT2D eigenvalue weighted by atomic mass is 9.83. The van der Waals surface area contributed by atoms with Crippen LogP contribution in [0.25, 0.3) is 0 Å². The maximum atomic E-state index is 10.8. The quantitative estimate of drug-likeness (QED) is 0.804. The molecule has 2 fully saturated rings. The molecule has 0 radical (unpaired) electrons. The van der Waals surface area contributed by atoms with Gasteiger partial charge in [-0.05, 0) is 45.7 Å². The number of aliphatic hydroxyl groups is 1. The zero-order valence-corrected chi connectivity index (χ0v) is 12.8. The molecule has 0 aromatic heterocycles. The van der Waals surface area contributed by atoms with Crippen LogP contribution in [0.2, 0.25) is 0 Å². The fourth-order valence-electron chi connectivity index (χ4n) is 3.98. The number of piperidine rings is 1. The summed E-state index contributed by atoms with van der Waals surface area (Å²) >= 11 is 0. The summed E-state index contributed by atoms with van der Waals surface area (Å²) < 4.78 is 0. The van der Waals surface area contributed by atoms with Gasteiger partial charge in [-0.2, -0.15) is 0 Å². The van der Waals surface area contributed by atoms with Crippen molar-refractivity contribution in [3.8, 4) is 0 Å². The van der Waals surface area contributed by atoms with Gasteiger partial charge in [0.15, 0.2) is 0 Å². The van der Waals surface area contributed by atoms with Gasteiger partial charge in [0.2, 0.25) is 0 Å². The Morgan fingerprint density at radius 1 is 1.21 bits per heavy atom. The molecule has 2 unspecified atom stereocenters. The molecule has 112 valence electrons. The van der Waals surface area contributed by atoms with E-state index in [0.717, 1.165) is 25.9 Å². The maximum absolute atomic E-state index is 10.8. The summed E-state index contributed by atoms with van der Waals surface area (Å²) in [7, 11) is 0. The first kappa shape index (κ1) is 15.3. The molecule has 0 aromatic rings. The highest BCUT2D eigenvalue weighted by Crippen LogP contribution is 2.31. The molecule has 1 aliphatic carbocycles. The van der Waals surface area contributed by atoms with Crippen molar-refractivity contribution in [1.29, 1.82) is 0 Å². The normalized spacial score (nSPS) is 30.2. The number of nitrogens with one attached hydrogen (secondary N) is 1. The summed E-state index contributed by atoms with van der Waals surface area (Å²) in [6, 6.07) is 1.15. The van der Waals surface area contributed by atoms with Crippen LogP contribution in [0.15, 0.2) is 0 Å². The molecule has 1 heterocycles. The molecule has 2 atom stereocenters. The maximum Gasteiger partial charge on any atom is 0.0774 e. The number of hydrogen-bond acceptors (Lipinski definition) is 3. The summed E-state index contributed by atoms with van der Waals surface area (Å²) in [4.78, 5) is 2.57. The van der Waals surface area contributed by atoms with E-state index in [4.69, 9.17) is 0 Å². The number of β-amino-alcohol motifs (C(OH)–C–C–N with tert-alkyl or cyclic N) is 1. The minimum Gasteiger partial charge on any atom is -0.389 e. The zero-order valence-electron chi connectivity index (χ0n) is 12.8. The number of hydrogen-bond donors (Lipinski definition) is 2. The van der Waals surface area contributed by atoms with E-state index in [1.165, 1.54) is 45.1 Å². The standard InChI is InChI=1S/C16H32N2O/c1-3-17-14(2)15-9-5-8-12-18(15)13-16(19)10-6-4-7-11-16/h14-15,17,19H,3-13H2,1-2H3. The predicted molar refractivity (Wildman–Crippen MR) is 80.4 cm³/mol. The highest BCUT2D eigenvalue weighted by Gasteiger charge is 2.35. The van der Waals surface area contributed by atoms with Crippen LogP contribution in [0.1, 0.15) is 65.2 Å². The van der Waals surface area contributed by atoms with Crippen LogP contribution in [0.4, 0.5) is 0 Å². The Bertz CT molecular complexity index is 263. The molecule has 2 aliphatic rings. The van der Waals surface area contributed by atoms with E-state index in [1.807, 2.05) is 0 Å². The van der Waals surface area contributed by atoms with Gasteiger partial charge >= 0.3 is 0 Å². The molecule has 0 spiro atoms. The van der Waals surface area contributed by atoms with Crippen molar-refractivity contribution in [2.45, 2.75) is 82.9 Å². The molecular formula is C16H32N2O. The summed E-state index contributed by atoms with van der Waals surface area (Å²) in [5.41, 5.74) is -0.403. The summed E-state index contributed by atoms with van der Waals surface area (Å²) in [5, 5.41) is 14.4. The van der Waals surface area contributed by atoms with Crippen LogP contribution < -0.4 is 5.32 Å². The molecule has 1 aliphatic heterocycles. The second kappa shape index (κ2) is 7.05. The van der Waals surface area contributed by atoms with E-state index in [9.17, 15) is 5.11 Å². The Morgan fingerprint density at radius 3 is 2.63 bits per heavy atom. The lowest BCUT2D eigenvalue weighted by molar-refractivity contribution is -0.0456. The first-order valence-electron chi connectivity index (χ1n) is 8.34. The van der Waals surface area contributed by atoms with Gasteiger partial charge in [-0.25, -0.2) is 0 Å². The number of likely N-dealkylation sites (tertiary alicyclic amines) is 1. The molecule has 3 heteroatoms. The second-order valence-corrected chi connectivity index (χ2v) is 6.66. The topological polar surface area (TPSA) is 35.5 Å². The Kier molecular flexibility index (Phi) is 5.67. The molecule has 2 rings (SSSR count). The second-order valence-electron chi connectivity index (χ2n) is 6.66. The Balaban J connectivity index is 1.94. The monoisotopic (exact) mass is 268 g/mol. The van der Waals surface area contributed by atoms with Crippen molar-refractivity contribution >= 4 is 0 Å². The van der Waals surface area contributed by atoms with Gasteiger partial charge in [0.05, 0.1) is 5.60 Å². The van der Waals surface area contributed by atoms with E-state index in [2.05, 4.69) is 24.1 Å². The molecule has 19 heavy (non-hydrogen) atoms. The number of rotatable bonds is 5. The van der Waals surface area contributed by atoms with Gasteiger partial charge in [-0.15, -0.1) is 0 Å². The lowest BCUT2D eigenvalue weighted by Crippen LogP contribution is -2.56. The fourth-order valence-corrected chi connectivity index (χ4v) is 3.98. The van der Waals surface area contributed by atoms with Crippen LogP contribution in [0.3, 0.4) is 0 Å². The van der Waals surface area contributed by atoms with E-state index in [-0.39, 0.29) is 0 Å². The van der Waals surface area contributed by atoms with Crippen molar-refractivity contribution in [1.82, 2.24) is 10.2 Å². The number of nitrogens with zero attached hydrogens (tertiary/aromatic N) is 1. The third-order valence-electron chi connectivity index (χ3n) is 5.05. The smallest absolute Gasteiger partial charge is 0.0774 e. The third kappa shape index (κ3) is 4.17. The number of likely N-dealkylation sites (N-methyl/N-ethyl adjacent to an activating group) is 1. The van der Waals surface area contributed by atoms with Gasteiger partial charge in [0, 0.05) is 18.6 Å². The van der Waals surface area contributed by atoms with Crippen LogP contribution in [0, 0.1) is 0 Å².